The Bertz CT molecular complexity index is 1120. The van der Waals surface area contributed by atoms with Gasteiger partial charge in [0.2, 0.25) is 0 Å². The van der Waals surface area contributed by atoms with E-state index in [9.17, 15) is 15.5 Å². The molecule has 1 aromatic carbocycles. The second-order valence-electron chi connectivity index (χ2n) is 7.71. The number of methoxy groups -OCH3 is 1. The Morgan fingerprint density at radius 2 is 2.10 bits per heavy atom. The van der Waals surface area contributed by atoms with Gasteiger partial charge in [0.1, 0.15) is 11.5 Å². The molecule has 0 amide bonds. The topological polar surface area (TPSA) is 95.6 Å². The molecule has 2 aromatic rings. The van der Waals surface area contributed by atoms with Crippen LogP contribution in [0.4, 0.5) is 0 Å². The van der Waals surface area contributed by atoms with E-state index in [0.29, 0.717) is 28.2 Å². The Morgan fingerprint density at radius 1 is 1.35 bits per heavy atom. The van der Waals surface area contributed by atoms with Crippen molar-refractivity contribution in [3.8, 4) is 17.6 Å². The maximum Gasteiger partial charge on any atom is 0.176 e. The maximum absolute atomic E-state index is 12.2. The van der Waals surface area contributed by atoms with Crippen LogP contribution in [0.25, 0.3) is 0 Å². The third-order valence-corrected chi connectivity index (χ3v) is 6.26. The molecule has 2 N–H and O–H groups in total. The molecule has 158 valence electrons. The summed E-state index contributed by atoms with van der Waals surface area (Å²) in [6.07, 6.45) is 9.51. The summed E-state index contributed by atoms with van der Waals surface area (Å²) in [6.45, 7) is 5.72. The van der Waals surface area contributed by atoms with Gasteiger partial charge >= 0.3 is 0 Å². The minimum Gasteiger partial charge on any atom is -0.495 e. The van der Waals surface area contributed by atoms with E-state index in [-0.39, 0.29) is 6.42 Å². The zero-order valence-corrected chi connectivity index (χ0v) is 17.4. The minimum atomic E-state index is -1.79. The number of allylic oxidation sites excluding steroid dienone is 4. The van der Waals surface area contributed by atoms with Crippen molar-refractivity contribution >= 4 is 0 Å². The van der Waals surface area contributed by atoms with Gasteiger partial charge in [-0.1, -0.05) is 43.0 Å². The van der Waals surface area contributed by atoms with Crippen LogP contribution in [0, 0.1) is 17.2 Å². The fourth-order valence-corrected chi connectivity index (χ4v) is 5.04. The molecule has 6 nitrogen and oxygen atoms in total. The number of pyridine rings is 1. The molecule has 6 heteroatoms. The van der Waals surface area contributed by atoms with Gasteiger partial charge in [-0.05, 0) is 36.6 Å². The van der Waals surface area contributed by atoms with Gasteiger partial charge in [0.15, 0.2) is 11.2 Å². The van der Waals surface area contributed by atoms with Crippen molar-refractivity contribution in [2.45, 2.75) is 30.7 Å². The molecule has 0 spiro atoms. The lowest BCUT2D eigenvalue weighted by molar-refractivity contribution is -0.153. The van der Waals surface area contributed by atoms with Crippen molar-refractivity contribution in [3.05, 3.63) is 89.8 Å². The van der Waals surface area contributed by atoms with Gasteiger partial charge in [-0.3, -0.25) is 4.98 Å². The molecule has 31 heavy (non-hydrogen) atoms. The second-order valence-corrected chi connectivity index (χ2v) is 7.71. The number of aromatic nitrogens is 1. The molecule has 4 atom stereocenters. The summed E-state index contributed by atoms with van der Waals surface area (Å²) in [4.78, 5) is 4.17. The standard InChI is InChI=1S/C25H24N2O4/c1-4-6-17(7-5-2)19-12-22(28)24(29)23-20(30-3)14-27-15-21(23)31-25(19,24)18-10-8-16(13-26)9-11-18/h4-11,14-15,19,22,28-29H,1,12H2,2-3H3/b7-5-,17-6+. The number of nitrogens with zero attached hydrogens (tertiary/aromatic N) is 2. The summed E-state index contributed by atoms with van der Waals surface area (Å²) < 4.78 is 12.0. The lowest BCUT2D eigenvalue weighted by Crippen LogP contribution is -2.52. The van der Waals surface area contributed by atoms with E-state index in [4.69, 9.17) is 9.47 Å². The number of rotatable bonds is 5. The molecular weight excluding hydrogens is 392 g/mol. The van der Waals surface area contributed by atoms with Crippen molar-refractivity contribution in [2.24, 2.45) is 5.92 Å². The van der Waals surface area contributed by atoms with Crippen LogP contribution in [-0.4, -0.2) is 28.4 Å². The predicted molar refractivity (Wildman–Crippen MR) is 115 cm³/mol. The van der Waals surface area contributed by atoms with Gasteiger partial charge in [0.05, 0.1) is 42.8 Å². The zero-order chi connectivity index (χ0) is 22.2. The number of hydrogen-bond donors (Lipinski definition) is 2. The first-order chi connectivity index (χ1) is 15.0. The third-order valence-electron chi connectivity index (χ3n) is 6.26. The number of aliphatic hydroxyl groups excluding tert-OH is 1. The Morgan fingerprint density at radius 3 is 2.71 bits per heavy atom. The molecule has 4 unspecified atom stereocenters. The number of ether oxygens (including phenoxy) is 2. The van der Waals surface area contributed by atoms with Crippen molar-refractivity contribution < 1.29 is 19.7 Å². The summed E-state index contributed by atoms with van der Waals surface area (Å²) >= 11 is 0. The van der Waals surface area contributed by atoms with E-state index in [1.165, 1.54) is 19.5 Å². The Kier molecular flexibility index (Phi) is 5.18. The summed E-state index contributed by atoms with van der Waals surface area (Å²) in [5, 5.41) is 32.7. The Balaban J connectivity index is 2.04. The molecule has 1 aromatic heterocycles. The van der Waals surface area contributed by atoms with Gasteiger partial charge in [0, 0.05) is 5.92 Å². The van der Waals surface area contributed by atoms with Gasteiger partial charge in [0.25, 0.3) is 0 Å². The fraction of sp³-hybridized carbons (Fsp3) is 0.280. The first kappa shape index (κ1) is 20.9. The number of aliphatic hydroxyl groups is 2. The van der Waals surface area contributed by atoms with Crippen LogP contribution in [0.15, 0.2) is 73.1 Å². The van der Waals surface area contributed by atoms with Gasteiger partial charge in [-0.15, -0.1) is 0 Å². The van der Waals surface area contributed by atoms with Crippen molar-refractivity contribution in [2.75, 3.05) is 7.11 Å². The second kappa shape index (κ2) is 7.69. The predicted octanol–water partition coefficient (Wildman–Crippen LogP) is 3.51. The summed E-state index contributed by atoms with van der Waals surface area (Å²) in [6, 6.07) is 9.01. The van der Waals surface area contributed by atoms with E-state index >= 15 is 0 Å². The lowest BCUT2D eigenvalue weighted by Gasteiger charge is -2.41. The van der Waals surface area contributed by atoms with Crippen LogP contribution in [0.5, 0.6) is 11.5 Å². The van der Waals surface area contributed by atoms with Gasteiger partial charge in [-0.25, -0.2) is 0 Å². The normalized spacial score (nSPS) is 29.2. The Hall–Kier alpha value is -3.40. The summed E-state index contributed by atoms with van der Waals surface area (Å²) in [5.74, 6) is 0.288. The molecule has 2 aliphatic rings. The van der Waals surface area contributed by atoms with Crippen LogP contribution in [0.2, 0.25) is 0 Å². The fourth-order valence-electron chi connectivity index (χ4n) is 5.04. The van der Waals surface area contributed by atoms with E-state index in [1.807, 2.05) is 25.2 Å². The molecular formula is C25H24N2O4. The highest BCUT2D eigenvalue weighted by molar-refractivity contribution is 5.58. The molecule has 1 fully saturated rings. The SMILES string of the molecule is C=C/C=C(\C=C/C)C1CC(O)C2(O)c3c(OC)cncc3OC12c1ccc(C#N)cc1. The van der Waals surface area contributed by atoms with E-state index < -0.39 is 23.2 Å². The quantitative estimate of drug-likeness (QED) is 0.725. The Labute approximate surface area is 181 Å². The number of hydrogen-bond acceptors (Lipinski definition) is 6. The number of nitriles is 1. The smallest absolute Gasteiger partial charge is 0.176 e. The summed E-state index contributed by atoms with van der Waals surface area (Å²) in [5.41, 5.74) is -0.776. The molecule has 0 saturated heterocycles. The molecule has 1 saturated carbocycles. The first-order valence-corrected chi connectivity index (χ1v) is 10.1. The average molecular weight is 416 g/mol. The molecule has 4 rings (SSSR count). The maximum atomic E-state index is 12.2. The van der Waals surface area contributed by atoms with Crippen LogP contribution in [0.1, 0.15) is 30.0 Å². The number of benzene rings is 1. The highest BCUT2D eigenvalue weighted by atomic mass is 16.5. The van der Waals surface area contributed by atoms with E-state index in [0.717, 1.165) is 5.57 Å². The van der Waals surface area contributed by atoms with Crippen molar-refractivity contribution in [1.82, 2.24) is 4.98 Å². The van der Waals surface area contributed by atoms with Crippen LogP contribution in [0.3, 0.4) is 0 Å². The first-order valence-electron chi connectivity index (χ1n) is 10.1. The minimum absolute atomic E-state index is 0.255. The highest BCUT2D eigenvalue weighted by Crippen LogP contribution is 2.66. The van der Waals surface area contributed by atoms with Crippen LogP contribution >= 0.6 is 0 Å². The number of fused-ring (bicyclic) bond motifs is 3. The van der Waals surface area contributed by atoms with Crippen LogP contribution < -0.4 is 9.47 Å². The largest absolute Gasteiger partial charge is 0.495 e. The molecule has 0 radical (unpaired) electrons. The highest BCUT2D eigenvalue weighted by Gasteiger charge is 2.73. The van der Waals surface area contributed by atoms with Gasteiger partial charge < -0.3 is 19.7 Å². The van der Waals surface area contributed by atoms with Crippen LogP contribution in [-0.2, 0) is 11.2 Å². The zero-order valence-electron chi connectivity index (χ0n) is 17.4. The van der Waals surface area contributed by atoms with E-state index in [1.54, 1.807) is 30.3 Å². The third kappa shape index (κ3) is 2.74. The van der Waals surface area contributed by atoms with Crippen molar-refractivity contribution in [1.29, 1.82) is 5.26 Å². The average Bonchev–Trinajstić information content (AvgIpc) is 3.19. The van der Waals surface area contributed by atoms with Crippen molar-refractivity contribution in [3.63, 3.8) is 0 Å². The monoisotopic (exact) mass is 416 g/mol. The lowest BCUT2D eigenvalue weighted by atomic mass is 9.71. The molecule has 1 aliphatic carbocycles. The summed E-state index contributed by atoms with van der Waals surface area (Å²) in [7, 11) is 1.49. The van der Waals surface area contributed by atoms with E-state index in [2.05, 4.69) is 17.6 Å². The molecule has 2 heterocycles. The molecule has 0 bridgehead atoms. The molecule has 1 aliphatic heterocycles. The van der Waals surface area contributed by atoms with Gasteiger partial charge in [-0.2, -0.15) is 5.26 Å².